The normalized spacial score (nSPS) is 10.6. The molecule has 2 N–H and O–H groups in total. The van der Waals surface area contributed by atoms with Crippen LogP contribution in [0.5, 0.6) is 17.2 Å². The van der Waals surface area contributed by atoms with Crippen molar-refractivity contribution in [2.24, 2.45) is 0 Å². The van der Waals surface area contributed by atoms with Gasteiger partial charge in [0.1, 0.15) is 5.82 Å². The molecule has 8 heteroatoms. The van der Waals surface area contributed by atoms with Gasteiger partial charge in [0.25, 0.3) is 5.91 Å². The van der Waals surface area contributed by atoms with Crippen LogP contribution in [-0.4, -0.2) is 32.2 Å². The number of pyridine rings is 1. The van der Waals surface area contributed by atoms with Gasteiger partial charge in [-0.2, -0.15) is 0 Å². The van der Waals surface area contributed by atoms with E-state index in [4.69, 9.17) is 30.8 Å². The van der Waals surface area contributed by atoms with Crippen molar-refractivity contribution in [2.45, 2.75) is 6.92 Å². The highest BCUT2D eigenvalue weighted by molar-refractivity contribution is 6.30. The van der Waals surface area contributed by atoms with Gasteiger partial charge in [-0.25, -0.2) is 4.98 Å². The number of aryl methyl sites for hydroxylation is 1. The van der Waals surface area contributed by atoms with Gasteiger partial charge in [-0.15, -0.1) is 0 Å². The van der Waals surface area contributed by atoms with Crippen molar-refractivity contribution in [1.82, 2.24) is 4.98 Å². The lowest BCUT2D eigenvalue weighted by molar-refractivity contribution is 0.102. The first-order valence-corrected chi connectivity index (χ1v) is 10.8. The summed E-state index contributed by atoms with van der Waals surface area (Å²) in [6.45, 7) is 2.00. The molecule has 0 saturated carbocycles. The van der Waals surface area contributed by atoms with Crippen LogP contribution in [0.4, 0.5) is 17.2 Å². The van der Waals surface area contributed by atoms with Crippen molar-refractivity contribution in [3.63, 3.8) is 0 Å². The highest BCUT2D eigenvalue weighted by Crippen LogP contribution is 2.38. The average molecular weight is 478 g/mol. The van der Waals surface area contributed by atoms with Crippen LogP contribution in [0.2, 0.25) is 5.02 Å². The lowest BCUT2D eigenvalue weighted by Crippen LogP contribution is -2.12. The topological polar surface area (TPSA) is 81.7 Å². The van der Waals surface area contributed by atoms with E-state index >= 15 is 0 Å². The molecule has 1 aromatic heterocycles. The first kappa shape index (κ1) is 23.2. The summed E-state index contributed by atoms with van der Waals surface area (Å²) >= 11 is 6.07. The van der Waals surface area contributed by atoms with Gasteiger partial charge in [-0.05, 0) is 67.1 Å². The molecule has 0 bridgehead atoms. The van der Waals surface area contributed by atoms with E-state index < -0.39 is 0 Å². The number of anilines is 3. The smallest absolute Gasteiger partial charge is 0.255 e. The molecule has 34 heavy (non-hydrogen) atoms. The van der Waals surface area contributed by atoms with Crippen LogP contribution in [0.3, 0.4) is 0 Å². The van der Waals surface area contributed by atoms with Gasteiger partial charge < -0.3 is 24.8 Å². The Labute approximate surface area is 202 Å². The minimum atomic E-state index is -0.302. The standard InChI is InChI=1S/C26H24ClN3O4/c1-15-10-24(28-18-7-5-6-17(27)13-18)30-21-9-8-19(14-20(15)21)29-26(31)16-11-22(32-2)25(34-4)23(12-16)33-3/h5-14H,1-4H3,(H,28,30)(H,29,31). The fourth-order valence-corrected chi connectivity index (χ4v) is 3.86. The predicted octanol–water partition coefficient (Wildman–Crippen LogP) is 6.22. The summed E-state index contributed by atoms with van der Waals surface area (Å²) < 4.78 is 16.0. The van der Waals surface area contributed by atoms with E-state index in [2.05, 4.69) is 10.6 Å². The minimum Gasteiger partial charge on any atom is -0.493 e. The van der Waals surface area contributed by atoms with Gasteiger partial charge in [-0.3, -0.25) is 4.79 Å². The number of carbonyl (C=O) groups excluding carboxylic acids is 1. The Morgan fingerprint density at radius 2 is 1.62 bits per heavy atom. The van der Waals surface area contributed by atoms with E-state index in [0.717, 1.165) is 22.2 Å². The molecule has 7 nitrogen and oxygen atoms in total. The molecule has 0 aliphatic carbocycles. The molecule has 3 aromatic carbocycles. The summed E-state index contributed by atoms with van der Waals surface area (Å²) in [5.41, 5.74) is 3.69. The maximum atomic E-state index is 13.0. The number of amides is 1. The second kappa shape index (κ2) is 9.89. The quantitative estimate of drug-likeness (QED) is 0.329. The molecule has 0 saturated heterocycles. The molecule has 4 aromatic rings. The zero-order valence-electron chi connectivity index (χ0n) is 19.2. The lowest BCUT2D eigenvalue weighted by Gasteiger charge is -2.14. The second-order valence-corrected chi connectivity index (χ2v) is 8.00. The largest absolute Gasteiger partial charge is 0.493 e. The van der Waals surface area contributed by atoms with Gasteiger partial charge in [0.15, 0.2) is 11.5 Å². The van der Waals surface area contributed by atoms with E-state index in [1.165, 1.54) is 21.3 Å². The molecule has 0 atom stereocenters. The van der Waals surface area contributed by atoms with Crippen LogP contribution >= 0.6 is 11.6 Å². The molecule has 1 amide bonds. The van der Waals surface area contributed by atoms with Gasteiger partial charge in [0, 0.05) is 27.3 Å². The van der Waals surface area contributed by atoms with Crippen LogP contribution in [-0.2, 0) is 0 Å². The van der Waals surface area contributed by atoms with E-state index in [0.29, 0.717) is 39.3 Å². The third-order valence-corrected chi connectivity index (χ3v) is 5.53. The fraction of sp³-hybridized carbons (Fsp3) is 0.154. The van der Waals surface area contributed by atoms with Crippen LogP contribution in [0.1, 0.15) is 15.9 Å². The van der Waals surface area contributed by atoms with Crippen molar-refractivity contribution in [3.8, 4) is 17.2 Å². The number of hydrogen-bond donors (Lipinski definition) is 2. The van der Waals surface area contributed by atoms with Crippen LogP contribution in [0, 0.1) is 6.92 Å². The number of halogens is 1. The molecule has 0 unspecified atom stereocenters. The first-order valence-electron chi connectivity index (χ1n) is 10.5. The summed E-state index contributed by atoms with van der Waals surface area (Å²) in [6, 6.07) is 18.2. The molecule has 0 spiro atoms. The fourth-order valence-electron chi connectivity index (χ4n) is 3.67. The molecular formula is C26H24ClN3O4. The molecular weight excluding hydrogens is 454 g/mol. The van der Waals surface area contributed by atoms with Crippen LogP contribution in [0.25, 0.3) is 10.9 Å². The van der Waals surface area contributed by atoms with E-state index in [1.807, 2.05) is 55.5 Å². The lowest BCUT2D eigenvalue weighted by atomic mass is 10.1. The van der Waals surface area contributed by atoms with E-state index in [-0.39, 0.29) is 5.91 Å². The van der Waals surface area contributed by atoms with Crippen molar-refractivity contribution < 1.29 is 19.0 Å². The number of fused-ring (bicyclic) bond motifs is 1. The number of benzene rings is 3. The molecule has 0 aliphatic rings. The van der Waals surface area contributed by atoms with E-state index in [9.17, 15) is 4.79 Å². The predicted molar refractivity (Wildman–Crippen MR) is 135 cm³/mol. The first-order chi connectivity index (χ1) is 16.4. The van der Waals surface area contributed by atoms with Crippen molar-refractivity contribution in [3.05, 3.63) is 76.8 Å². The minimum absolute atomic E-state index is 0.302. The zero-order chi connectivity index (χ0) is 24.2. The summed E-state index contributed by atoms with van der Waals surface area (Å²) in [5, 5.41) is 7.79. The number of ether oxygens (including phenoxy) is 3. The average Bonchev–Trinajstić information content (AvgIpc) is 2.83. The SMILES string of the molecule is COc1cc(C(=O)Nc2ccc3nc(Nc4cccc(Cl)c4)cc(C)c3c2)cc(OC)c1OC. The number of hydrogen-bond acceptors (Lipinski definition) is 6. The second-order valence-electron chi connectivity index (χ2n) is 7.56. The maximum Gasteiger partial charge on any atom is 0.255 e. The van der Waals surface area contributed by atoms with Gasteiger partial charge in [-0.1, -0.05) is 17.7 Å². The summed E-state index contributed by atoms with van der Waals surface area (Å²) in [7, 11) is 4.53. The molecule has 1 heterocycles. The molecule has 0 radical (unpaired) electrons. The van der Waals surface area contributed by atoms with Crippen molar-refractivity contribution >= 4 is 45.6 Å². The molecule has 4 rings (SSSR count). The number of carbonyl (C=O) groups is 1. The Morgan fingerprint density at radius 3 is 2.26 bits per heavy atom. The summed E-state index contributed by atoms with van der Waals surface area (Å²) in [5.74, 6) is 1.65. The number of rotatable bonds is 7. The highest BCUT2D eigenvalue weighted by atomic mass is 35.5. The van der Waals surface area contributed by atoms with E-state index in [1.54, 1.807) is 12.1 Å². The van der Waals surface area contributed by atoms with Crippen LogP contribution < -0.4 is 24.8 Å². The maximum absolute atomic E-state index is 13.0. The van der Waals surface area contributed by atoms with Gasteiger partial charge in [0.2, 0.25) is 5.75 Å². The van der Waals surface area contributed by atoms with Gasteiger partial charge in [0.05, 0.1) is 26.8 Å². The third kappa shape index (κ3) is 4.84. The Balaban J connectivity index is 1.59. The Kier molecular flexibility index (Phi) is 6.75. The molecule has 0 aliphatic heterocycles. The number of methoxy groups -OCH3 is 3. The van der Waals surface area contributed by atoms with Crippen molar-refractivity contribution in [1.29, 1.82) is 0 Å². The Bertz CT molecular complexity index is 1350. The number of aromatic nitrogens is 1. The third-order valence-electron chi connectivity index (χ3n) is 5.30. The molecule has 174 valence electrons. The van der Waals surface area contributed by atoms with Crippen molar-refractivity contribution in [2.75, 3.05) is 32.0 Å². The Morgan fingerprint density at radius 1 is 0.882 bits per heavy atom. The summed E-state index contributed by atoms with van der Waals surface area (Å²) in [4.78, 5) is 17.6. The number of nitrogens with one attached hydrogen (secondary N) is 2. The molecule has 0 fully saturated rings. The van der Waals surface area contributed by atoms with Gasteiger partial charge >= 0.3 is 0 Å². The zero-order valence-corrected chi connectivity index (χ0v) is 20.0. The number of nitrogens with zero attached hydrogens (tertiary/aromatic N) is 1. The summed E-state index contributed by atoms with van der Waals surface area (Å²) in [6.07, 6.45) is 0. The van der Waals surface area contributed by atoms with Crippen LogP contribution in [0.15, 0.2) is 60.7 Å². The highest BCUT2D eigenvalue weighted by Gasteiger charge is 2.17. The monoisotopic (exact) mass is 477 g/mol. The Hall–Kier alpha value is -3.97.